The van der Waals surface area contributed by atoms with E-state index in [1.165, 1.54) is 6.07 Å². The molecule has 0 radical (unpaired) electrons. The van der Waals surface area contributed by atoms with Crippen molar-refractivity contribution >= 4 is 0 Å². The molecule has 4 heteroatoms. The Hall–Kier alpha value is -2.10. The van der Waals surface area contributed by atoms with Crippen molar-refractivity contribution in [3.63, 3.8) is 0 Å². The quantitative estimate of drug-likeness (QED) is 0.739. The van der Waals surface area contributed by atoms with E-state index in [0.717, 1.165) is 10.4 Å². The molecular weight excluding hydrogens is 192 g/mol. The fourth-order valence-electron chi connectivity index (χ4n) is 1.16. The first-order valence-electron chi connectivity index (χ1n) is 4.55. The van der Waals surface area contributed by atoms with Gasteiger partial charge in [0.15, 0.2) is 0 Å². The van der Waals surface area contributed by atoms with Gasteiger partial charge in [0.25, 0.3) is 5.56 Å². The summed E-state index contributed by atoms with van der Waals surface area (Å²) in [7, 11) is 0. The van der Waals surface area contributed by atoms with Gasteiger partial charge in [-0.15, -0.1) is 4.73 Å². The molecule has 0 aliphatic heterocycles. The summed E-state index contributed by atoms with van der Waals surface area (Å²) in [5.41, 5.74) is 0.622. The Balaban J connectivity index is 2.30. The second-order valence-corrected chi connectivity index (χ2v) is 3.07. The molecule has 0 aliphatic carbocycles. The molecule has 0 saturated carbocycles. The van der Waals surface area contributed by atoms with Crippen LogP contribution in [0.1, 0.15) is 5.69 Å². The molecular formula is C11H10N2O2. The second kappa shape index (κ2) is 3.96. The molecule has 0 saturated heterocycles. The molecule has 15 heavy (non-hydrogen) atoms. The molecule has 0 aromatic carbocycles. The number of hydrogen-bond donors (Lipinski definition) is 0. The van der Waals surface area contributed by atoms with Crippen LogP contribution in [0.15, 0.2) is 47.4 Å². The Labute approximate surface area is 86.7 Å². The number of nitrogens with zero attached hydrogens (tertiary/aromatic N) is 2. The Bertz CT molecular complexity index is 520. The average molecular weight is 202 g/mol. The molecule has 76 valence electrons. The van der Waals surface area contributed by atoms with Gasteiger partial charge >= 0.3 is 0 Å². The molecule has 0 fully saturated rings. The SMILES string of the molecule is Cc1cccc(On2ccccc2=O)n1. The Morgan fingerprint density at radius 2 is 2.07 bits per heavy atom. The summed E-state index contributed by atoms with van der Waals surface area (Å²) in [6.45, 7) is 1.86. The lowest BCUT2D eigenvalue weighted by atomic mass is 10.4. The van der Waals surface area contributed by atoms with Crippen molar-refractivity contribution in [3.8, 4) is 5.88 Å². The summed E-state index contributed by atoms with van der Waals surface area (Å²) in [5, 5.41) is 0. The molecule has 4 nitrogen and oxygen atoms in total. The Kier molecular flexibility index (Phi) is 2.49. The summed E-state index contributed by atoms with van der Waals surface area (Å²) < 4.78 is 1.14. The topological polar surface area (TPSA) is 44.1 Å². The number of pyridine rings is 2. The summed E-state index contributed by atoms with van der Waals surface area (Å²) >= 11 is 0. The molecule has 2 aromatic rings. The molecule has 0 bridgehead atoms. The highest BCUT2D eigenvalue weighted by molar-refractivity contribution is 5.14. The maximum absolute atomic E-state index is 11.3. The van der Waals surface area contributed by atoms with Gasteiger partial charge in [-0.05, 0) is 19.1 Å². The number of aromatic nitrogens is 2. The van der Waals surface area contributed by atoms with Crippen LogP contribution in [0.5, 0.6) is 5.88 Å². The van der Waals surface area contributed by atoms with E-state index in [-0.39, 0.29) is 5.56 Å². The largest absolute Gasteiger partial charge is 0.352 e. The maximum Gasteiger partial charge on any atom is 0.283 e. The zero-order valence-corrected chi connectivity index (χ0v) is 8.25. The summed E-state index contributed by atoms with van der Waals surface area (Å²) in [5.74, 6) is 0.406. The molecule has 0 spiro atoms. The van der Waals surface area contributed by atoms with Gasteiger partial charge in [0.05, 0.1) is 0 Å². The van der Waals surface area contributed by atoms with Gasteiger partial charge in [-0.25, -0.2) is 4.98 Å². The summed E-state index contributed by atoms with van der Waals surface area (Å²) in [6.07, 6.45) is 1.55. The predicted octanol–water partition coefficient (Wildman–Crippen LogP) is 1.39. The molecule has 0 aliphatic rings. The molecule has 0 unspecified atom stereocenters. The lowest BCUT2D eigenvalue weighted by Gasteiger charge is -2.05. The molecule has 0 N–H and O–H groups in total. The van der Waals surface area contributed by atoms with E-state index in [1.807, 2.05) is 19.1 Å². The third-order valence-electron chi connectivity index (χ3n) is 1.84. The van der Waals surface area contributed by atoms with Crippen LogP contribution in [0.4, 0.5) is 0 Å². The fraction of sp³-hybridized carbons (Fsp3) is 0.0909. The second-order valence-electron chi connectivity index (χ2n) is 3.07. The molecule has 2 rings (SSSR count). The number of aryl methyl sites for hydroxylation is 1. The Morgan fingerprint density at radius 3 is 2.80 bits per heavy atom. The van der Waals surface area contributed by atoms with Gasteiger partial charge in [-0.1, -0.05) is 12.1 Å². The van der Waals surface area contributed by atoms with E-state index >= 15 is 0 Å². The van der Waals surface area contributed by atoms with Crippen molar-refractivity contribution in [2.75, 3.05) is 0 Å². The highest BCUT2D eigenvalue weighted by atomic mass is 16.7. The van der Waals surface area contributed by atoms with Crippen LogP contribution in [-0.4, -0.2) is 9.71 Å². The standard InChI is InChI=1S/C11H10N2O2/c1-9-5-4-6-10(12-9)15-13-8-3-2-7-11(13)14/h2-8H,1H3. The van der Waals surface area contributed by atoms with E-state index in [2.05, 4.69) is 4.98 Å². The van der Waals surface area contributed by atoms with E-state index in [4.69, 9.17) is 4.84 Å². The average Bonchev–Trinajstić information content (AvgIpc) is 2.22. The van der Waals surface area contributed by atoms with Crippen LogP contribution in [0.25, 0.3) is 0 Å². The lowest BCUT2D eigenvalue weighted by Crippen LogP contribution is -2.22. The molecule has 2 heterocycles. The lowest BCUT2D eigenvalue weighted by molar-refractivity contribution is 0.195. The predicted molar refractivity (Wildman–Crippen MR) is 55.7 cm³/mol. The first-order chi connectivity index (χ1) is 7.25. The highest BCUT2D eigenvalue weighted by Crippen LogP contribution is 2.06. The van der Waals surface area contributed by atoms with Crippen molar-refractivity contribution in [3.05, 3.63) is 58.6 Å². The molecule has 0 atom stereocenters. The van der Waals surface area contributed by atoms with Gasteiger partial charge in [-0.3, -0.25) is 4.79 Å². The minimum atomic E-state index is -0.221. The zero-order chi connectivity index (χ0) is 10.7. The van der Waals surface area contributed by atoms with Crippen molar-refractivity contribution in [2.24, 2.45) is 0 Å². The minimum Gasteiger partial charge on any atom is -0.352 e. The van der Waals surface area contributed by atoms with Crippen molar-refractivity contribution in [1.82, 2.24) is 9.71 Å². The number of rotatable bonds is 2. The van der Waals surface area contributed by atoms with Gasteiger partial charge in [0.2, 0.25) is 5.88 Å². The van der Waals surface area contributed by atoms with Crippen molar-refractivity contribution in [2.45, 2.75) is 6.92 Å². The van der Waals surface area contributed by atoms with E-state index < -0.39 is 0 Å². The van der Waals surface area contributed by atoms with E-state index in [9.17, 15) is 4.79 Å². The number of hydrogen-bond acceptors (Lipinski definition) is 3. The van der Waals surface area contributed by atoms with E-state index in [0.29, 0.717) is 5.88 Å². The smallest absolute Gasteiger partial charge is 0.283 e. The van der Waals surface area contributed by atoms with E-state index in [1.54, 1.807) is 24.4 Å². The molecule has 2 aromatic heterocycles. The summed E-state index contributed by atoms with van der Waals surface area (Å²) in [6, 6.07) is 10.2. The fourth-order valence-corrected chi connectivity index (χ4v) is 1.16. The van der Waals surface area contributed by atoms with Crippen molar-refractivity contribution in [1.29, 1.82) is 0 Å². The van der Waals surface area contributed by atoms with Gasteiger partial charge < -0.3 is 4.84 Å². The first kappa shape index (κ1) is 9.45. The van der Waals surface area contributed by atoms with Gasteiger partial charge in [0.1, 0.15) is 0 Å². The summed E-state index contributed by atoms with van der Waals surface area (Å²) in [4.78, 5) is 20.7. The van der Waals surface area contributed by atoms with Gasteiger partial charge in [0, 0.05) is 24.0 Å². The van der Waals surface area contributed by atoms with Crippen molar-refractivity contribution < 1.29 is 4.84 Å². The molecule has 0 amide bonds. The maximum atomic E-state index is 11.3. The normalized spacial score (nSPS) is 9.93. The minimum absolute atomic E-state index is 0.221. The van der Waals surface area contributed by atoms with Gasteiger partial charge in [-0.2, -0.15) is 0 Å². The third kappa shape index (κ3) is 2.22. The highest BCUT2D eigenvalue weighted by Gasteiger charge is 1.98. The third-order valence-corrected chi connectivity index (χ3v) is 1.84. The Morgan fingerprint density at radius 1 is 1.20 bits per heavy atom. The monoisotopic (exact) mass is 202 g/mol. The zero-order valence-electron chi connectivity index (χ0n) is 8.25. The van der Waals surface area contributed by atoms with Crippen LogP contribution >= 0.6 is 0 Å². The van der Waals surface area contributed by atoms with Crippen LogP contribution in [0, 0.1) is 6.92 Å². The van der Waals surface area contributed by atoms with Crippen LogP contribution in [0.2, 0.25) is 0 Å². The van der Waals surface area contributed by atoms with Crippen LogP contribution in [0.3, 0.4) is 0 Å². The van der Waals surface area contributed by atoms with Crippen LogP contribution < -0.4 is 10.4 Å². The first-order valence-corrected chi connectivity index (χ1v) is 4.55. The van der Waals surface area contributed by atoms with Crippen LogP contribution in [-0.2, 0) is 0 Å².